The van der Waals surface area contributed by atoms with Gasteiger partial charge in [-0.2, -0.15) is 5.10 Å². The van der Waals surface area contributed by atoms with Gasteiger partial charge in [0.1, 0.15) is 17.5 Å². The van der Waals surface area contributed by atoms with E-state index in [1.54, 1.807) is 48.5 Å². The summed E-state index contributed by atoms with van der Waals surface area (Å²) < 4.78 is 40.5. The lowest BCUT2D eigenvalue weighted by molar-refractivity contribution is -0.142. The molecule has 0 saturated carbocycles. The Balaban J connectivity index is 2.08. The van der Waals surface area contributed by atoms with E-state index in [4.69, 9.17) is 9.47 Å². The zero-order valence-corrected chi connectivity index (χ0v) is 19.0. The summed E-state index contributed by atoms with van der Waals surface area (Å²) in [6.45, 7) is 1.22. The number of carbonyl (C=O) groups is 2. The van der Waals surface area contributed by atoms with E-state index in [9.17, 15) is 18.0 Å². The van der Waals surface area contributed by atoms with E-state index < -0.39 is 27.9 Å². The van der Waals surface area contributed by atoms with Crippen molar-refractivity contribution in [1.82, 2.24) is 5.43 Å². The maximum atomic E-state index is 12.6. The van der Waals surface area contributed by atoms with Crippen LogP contribution in [0.3, 0.4) is 0 Å². The van der Waals surface area contributed by atoms with Gasteiger partial charge in [0.25, 0.3) is 5.91 Å². The lowest BCUT2D eigenvalue weighted by Gasteiger charge is -2.27. The van der Waals surface area contributed by atoms with E-state index in [1.807, 2.05) is 0 Å². The standard InChI is InChI=1S/C21H25N3O7S/c1-15(24(32(4,27)28)17-8-10-18(29-2)11-9-17)21(26)23-22-13-16-6-5-7-19(12-16)31-14-20(25)30-3/h5-13,15H,14H2,1-4H3,(H,23,26)/b22-13-/t15-/m0/s1. The number of hydrazone groups is 1. The van der Waals surface area contributed by atoms with E-state index in [0.717, 1.165) is 10.6 Å². The lowest BCUT2D eigenvalue weighted by Crippen LogP contribution is -2.46. The van der Waals surface area contributed by atoms with Gasteiger partial charge in [-0.3, -0.25) is 9.10 Å². The van der Waals surface area contributed by atoms with Gasteiger partial charge in [0.05, 0.1) is 32.4 Å². The van der Waals surface area contributed by atoms with Gasteiger partial charge in [-0.25, -0.2) is 18.6 Å². The number of hydrogen-bond acceptors (Lipinski definition) is 8. The Hall–Kier alpha value is -3.60. The molecular weight excluding hydrogens is 438 g/mol. The quantitative estimate of drug-likeness (QED) is 0.322. The Kier molecular flexibility index (Phi) is 8.59. The van der Waals surface area contributed by atoms with Gasteiger partial charge < -0.3 is 14.2 Å². The zero-order chi connectivity index (χ0) is 23.7. The number of benzene rings is 2. The van der Waals surface area contributed by atoms with Crippen molar-refractivity contribution >= 4 is 33.8 Å². The van der Waals surface area contributed by atoms with Crippen LogP contribution >= 0.6 is 0 Å². The molecule has 11 heteroatoms. The second kappa shape index (κ2) is 11.1. The fourth-order valence-corrected chi connectivity index (χ4v) is 3.86. The number of nitrogens with one attached hydrogen (secondary N) is 1. The van der Waals surface area contributed by atoms with Crippen LogP contribution in [-0.2, 0) is 24.3 Å². The summed E-state index contributed by atoms with van der Waals surface area (Å²) in [6.07, 6.45) is 2.39. The Bertz CT molecular complexity index is 1070. The molecule has 2 aromatic carbocycles. The summed E-state index contributed by atoms with van der Waals surface area (Å²) in [5.41, 5.74) is 3.25. The van der Waals surface area contributed by atoms with Gasteiger partial charge >= 0.3 is 5.97 Å². The molecule has 1 N–H and O–H groups in total. The van der Waals surface area contributed by atoms with E-state index in [-0.39, 0.29) is 6.61 Å². The molecule has 1 atom stereocenters. The fourth-order valence-electron chi connectivity index (χ4n) is 2.69. The number of nitrogens with zero attached hydrogens (tertiary/aromatic N) is 2. The van der Waals surface area contributed by atoms with Gasteiger partial charge in [0, 0.05) is 0 Å². The van der Waals surface area contributed by atoms with Crippen molar-refractivity contribution in [1.29, 1.82) is 0 Å². The minimum absolute atomic E-state index is 0.238. The van der Waals surface area contributed by atoms with E-state index in [0.29, 0.717) is 22.7 Å². The molecule has 0 aliphatic rings. The van der Waals surface area contributed by atoms with Crippen molar-refractivity contribution in [2.45, 2.75) is 13.0 Å². The van der Waals surface area contributed by atoms with Crippen LogP contribution in [0.15, 0.2) is 53.6 Å². The monoisotopic (exact) mass is 463 g/mol. The van der Waals surface area contributed by atoms with Crippen LogP contribution < -0.4 is 19.2 Å². The van der Waals surface area contributed by atoms with Gasteiger partial charge in [-0.15, -0.1) is 0 Å². The van der Waals surface area contributed by atoms with Crippen molar-refractivity contribution in [3.63, 3.8) is 0 Å². The third kappa shape index (κ3) is 6.98. The largest absolute Gasteiger partial charge is 0.497 e. The Morgan fingerprint density at radius 1 is 1.12 bits per heavy atom. The Morgan fingerprint density at radius 2 is 1.81 bits per heavy atom. The first kappa shape index (κ1) is 24.7. The molecule has 0 fully saturated rings. The maximum Gasteiger partial charge on any atom is 0.343 e. The number of hydrogen-bond donors (Lipinski definition) is 1. The number of carbonyl (C=O) groups excluding carboxylic acids is 2. The summed E-state index contributed by atoms with van der Waals surface area (Å²) in [5, 5.41) is 3.89. The number of sulfonamides is 1. The Morgan fingerprint density at radius 3 is 2.41 bits per heavy atom. The summed E-state index contributed by atoms with van der Waals surface area (Å²) in [5.74, 6) is -0.165. The predicted octanol–water partition coefficient (Wildman–Crippen LogP) is 1.55. The highest BCUT2D eigenvalue weighted by Crippen LogP contribution is 2.23. The summed E-state index contributed by atoms with van der Waals surface area (Å²) in [6, 6.07) is 11.9. The van der Waals surface area contributed by atoms with Crippen LogP contribution in [0.2, 0.25) is 0 Å². The number of esters is 1. The van der Waals surface area contributed by atoms with Crippen molar-refractivity contribution in [2.24, 2.45) is 5.10 Å². The van der Waals surface area contributed by atoms with Gasteiger partial charge in [-0.05, 0) is 48.9 Å². The molecule has 0 saturated heterocycles. The number of anilines is 1. The van der Waals surface area contributed by atoms with Crippen LogP contribution in [0.1, 0.15) is 12.5 Å². The maximum absolute atomic E-state index is 12.6. The highest BCUT2D eigenvalue weighted by atomic mass is 32.2. The number of amides is 1. The molecule has 0 spiro atoms. The van der Waals surface area contributed by atoms with E-state index >= 15 is 0 Å². The average Bonchev–Trinajstić information content (AvgIpc) is 2.77. The molecule has 10 nitrogen and oxygen atoms in total. The van der Waals surface area contributed by atoms with Crippen LogP contribution in [-0.4, -0.2) is 59.6 Å². The average molecular weight is 464 g/mol. The van der Waals surface area contributed by atoms with E-state index in [2.05, 4.69) is 15.3 Å². The third-order valence-electron chi connectivity index (χ3n) is 4.25. The minimum atomic E-state index is -3.75. The second-order valence-corrected chi connectivity index (χ2v) is 8.46. The van der Waals surface area contributed by atoms with Crippen LogP contribution in [0.4, 0.5) is 5.69 Å². The SMILES string of the molecule is COC(=O)COc1cccc(/C=N\NC(=O)[C@H](C)N(c2ccc(OC)cc2)S(C)(=O)=O)c1. The zero-order valence-electron chi connectivity index (χ0n) is 18.1. The van der Waals surface area contributed by atoms with Crippen molar-refractivity contribution in [2.75, 3.05) is 31.4 Å². The molecule has 0 unspecified atom stereocenters. The lowest BCUT2D eigenvalue weighted by atomic mass is 10.2. The number of methoxy groups -OCH3 is 2. The predicted molar refractivity (Wildman–Crippen MR) is 119 cm³/mol. The molecule has 2 rings (SSSR count). The molecule has 0 heterocycles. The normalized spacial score (nSPS) is 12.1. The smallest absolute Gasteiger partial charge is 0.343 e. The first-order valence-corrected chi connectivity index (χ1v) is 11.3. The van der Waals surface area contributed by atoms with Gasteiger partial charge in [0.2, 0.25) is 10.0 Å². The van der Waals surface area contributed by atoms with Crippen molar-refractivity contribution < 1.29 is 32.2 Å². The first-order valence-electron chi connectivity index (χ1n) is 9.41. The highest BCUT2D eigenvalue weighted by molar-refractivity contribution is 7.92. The van der Waals surface area contributed by atoms with Crippen molar-refractivity contribution in [3.8, 4) is 11.5 Å². The summed E-state index contributed by atoms with van der Waals surface area (Å²) in [4.78, 5) is 23.7. The highest BCUT2D eigenvalue weighted by Gasteiger charge is 2.29. The summed E-state index contributed by atoms with van der Waals surface area (Å²) >= 11 is 0. The minimum Gasteiger partial charge on any atom is -0.497 e. The van der Waals surface area contributed by atoms with Crippen LogP contribution in [0.5, 0.6) is 11.5 Å². The first-order chi connectivity index (χ1) is 15.2. The van der Waals surface area contributed by atoms with Crippen LogP contribution in [0, 0.1) is 0 Å². The second-order valence-electron chi connectivity index (χ2n) is 6.60. The third-order valence-corrected chi connectivity index (χ3v) is 5.49. The van der Waals surface area contributed by atoms with Gasteiger partial charge in [0.15, 0.2) is 6.61 Å². The molecule has 32 heavy (non-hydrogen) atoms. The van der Waals surface area contributed by atoms with Gasteiger partial charge in [-0.1, -0.05) is 12.1 Å². The molecule has 0 aliphatic carbocycles. The number of rotatable bonds is 10. The van der Waals surface area contributed by atoms with Crippen molar-refractivity contribution in [3.05, 3.63) is 54.1 Å². The topological polar surface area (TPSA) is 124 Å². The molecular formula is C21H25N3O7S. The molecule has 1 amide bonds. The molecule has 0 aromatic heterocycles. The van der Waals surface area contributed by atoms with Crippen LogP contribution in [0.25, 0.3) is 0 Å². The molecule has 172 valence electrons. The summed E-state index contributed by atoms with van der Waals surface area (Å²) in [7, 11) is -0.994. The molecule has 0 radical (unpaired) electrons. The molecule has 0 bridgehead atoms. The van der Waals surface area contributed by atoms with E-state index in [1.165, 1.54) is 27.4 Å². The molecule has 2 aromatic rings. The number of ether oxygens (including phenoxy) is 3. The molecule has 0 aliphatic heterocycles. The Labute approximate surface area is 186 Å². The fraction of sp³-hybridized carbons (Fsp3) is 0.286.